The fraction of sp³-hybridized carbons (Fsp3) is 0.200. The van der Waals surface area contributed by atoms with Crippen molar-refractivity contribution in [3.63, 3.8) is 0 Å². The van der Waals surface area contributed by atoms with Crippen molar-refractivity contribution in [1.29, 1.82) is 0 Å². The molecule has 0 amide bonds. The van der Waals surface area contributed by atoms with Gasteiger partial charge < -0.3 is 10.6 Å². The molecule has 0 bridgehead atoms. The van der Waals surface area contributed by atoms with Gasteiger partial charge in [-0.25, -0.2) is 13.4 Å². The molecule has 2 N–H and O–H groups in total. The van der Waals surface area contributed by atoms with Gasteiger partial charge in [0.2, 0.25) is 5.95 Å². The highest BCUT2D eigenvalue weighted by Crippen LogP contribution is 2.26. The van der Waals surface area contributed by atoms with Crippen LogP contribution >= 0.6 is 0 Å². The summed E-state index contributed by atoms with van der Waals surface area (Å²) in [5, 5.41) is 6.29. The van der Waals surface area contributed by atoms with Crippen LogP contribution in [0.4, 0.5) is 23.1 Å². The van der Waals surface area contributed by atoms with E-state index in [1.54, 1.807) is 30.5 Å². The van der Waals surface area contributed by atoms with Crippen LogP contribution in [0, 0.1) is 6.92 Å². The molecule has 0 aliphatic heterocycles. The molecule has 0 saturated carbocycles. The number of benzene rings is 2. The third kappa shape index (κ3) is 4.62. The summed E-state index contributed by atoms with van der Waals surface area (Å²) >= 11 is 0. The summed E-state index contributed by atoms with van der Waals surface area (Å²) in [4.78, 5) is 9.04. The van der Waals surface area contributed by atoms with Crippen LogP contribution in [0.2, 0.25) is 0 Å². The van der Waals surface area contributed by atoms with Crippen molar-refractivity contribution in [3.8, 4) is 0 Å². The number of anilines is 4. The van der Waals surface area contributed by atoms with Crippen molar-refractivity contribution in [2.75, 3.05) is 16.9 Å². The maximum atomic E-state index is 12.0. The molecule has 0 atom stereocenters. The quantitative estimate of drug-likeness (QED) is 0.663. The number of nitrogens with one attached hydrogen (secondary N) is 2. The third-order valence-electron chi connectivity index (χ3n) is 4.13. The number of nitrogens with zero attached hydrogens (tertiary/aromatic N) is 2. The second kappa shape index (κ2) is 7.75. The Bertz CT molecular complexity index is 1050. The summed E-state index contributed by atoms with van der Waals surface area (Å²) in [5.41, 5.74) is 3.44. The lowest BCUT2D eigenvalue weighted by molar-refractivity contribution is 0.602. The highest BCUT2D eigenvalue weighted by atomic mass is 32.2. The number of rotatable bonds is 6. The second-order valence-corrected chi connectivity index (χ2v) is 8.28. The van der Waals surface area contributed by atoms with Crippen LogP contribution in [0.25, 0.3) is 0 Å². The predicted molar refractivity (Wildman–Crippen MR) is 109 cm³/mol. The van der Waals surface area contributed by atoms with Gasteiger partial charge in [-0.1, -0.05) is 31.2 Å². The Morgan fingerprint density at radius 3 is 2.37 bits per heavy atom. The highest BCUT2D eigenvalue weighted by molar-refractivity contribution is 7.90. The minimum absolute atomic E-state index is 0.229. The lowest BCUT2D eigenvalue weighted by atomic mass is 10.1. The minimum Gasteiger partial charge on any atom is -0.339 e. The number of sulfone groups is 1. The van der Waals surface area contributed by atoms with E-state index >= 15 is 0 Å². The predicted octanol–water partition coefficient (Wildman–Crippen LogP) is 4.24. The summed E-state index contributed by atoms with van der Waals surface area (Å²) in [6.07, 6.45) is 3.86. The molecule has 3 rings (SSSR count). The summed E-state index contributed by atoms with van der Waals surface area (Å²) in [6.45, 7) is 3.98. The molecule has 140 valence electrons. The second-order valence-electron chi connectivity index (χ2n) is 6.29. The van der Waals surface area contributed by atoms with Crippen molar-refractivity contribution in [2.45, 2.75) is 25.2 Å². The SMILES string of the molecule is CCc1ccc(Nc2ncc(C)c(Nc3ccccc3S(C)(=O)=O)n2)cc1. The van der Waals surface area contributed by atoms with E-state index in [1.807, 2.05) is 19.1 Å². The molecule has 27 heavy (non-hydrogen) atoms. The molecular formula is C20H22N4O2S. The zero-order valence-corrected chi connectivity index (χ0v) is 16.3. The Labute approximate surface area is 159 Å². The molecule has 0 fully saturated rings. The summed E-state index contributed by atoms with van der Waals surface area (Å²) < 4.78 is 24.0. The molecule has 0 aliphatic rings. The molecule has 6 nitrogen and oxygen atoms in total. The normalized spacial score (nSPS) is 11.2. The Hall–Kier alpha value is -2.93. The molecule has 7 heteroatoms. The van der Waals surface area contributed by atoms with E-state index in [0.717, 1.165) is 17.7 Å². The number of hydrogen-bond acceptors (Lipinski definition) is 6. The summed E-state index contributed by atoms with van der Waals surface area (Å²) in [5.74, 6) is 0.984. The van der Waals surface area contributed by atoms with Gasteiger partial charge in [-0.3, -0.25) is 0 Å². The van der Waals surface area contributed by atoms with Gasteiger partial charge in [0, 0.05) is 23.7 Å². The third-order valence-corrected chi connectivity index (χ3v) is 5.28. The Morgan fingerprint density at radius 1 is 1.00 bits per heavy atom. The Balaban J connectivity index is 1.88. The van der Waals surface area contributed by atoms with Gasteiger partial charge in [0.25, 0.3) is 0 Å². The van der Waals surface area contributed by atoms with Gasteiger partial charge in [-0.05, 0) is 43.2 Å². The number of para-hydroxylation sites is 1. The van der Waals surface area contributed by atoms with Gasteiger partial charge in [-0.2, -0.15) is 4.98 Å². The molecule has 0 radical (unpaired) electrons. The average molecular weight is 382 g/mol. The Morgan fingerprint density at radius 2 is 1.70 bits per heavy atom. The van der Waals surface area contributed by atoms with Crippen LogP contribution < -0.4 is 10.6 Å². The Kier molecular flexibility index (Phi) is 5.41. The smallest absolute Gasteiger partial charge is 0.229 e. The molecular weight excluding hydrogens is 360 g/mol. The lowest BCUT2D eigenvalue weighted by Crippen LogP contribution is -2.06. The van der Waals surface area contributed by atoms with Gasteiger partial charge >= 0.3 is 0 Å². The first-order valence-electron chi connectivity index (χ1n) is 8.62. The topological polar surface area (TPSA) is 84.0 Å². The first-order chi connectivity index (χ1) is 12.9. The monoisotopic (exact) mass is 382 g/mol. The molecule has 1 heterocycles. The molecule has 0 saturated heterocycles. The fourth-order valence-corrected chi connectivity index (χ4v) is 3.45. The van der Waals surface area contributed by atoms with Crippen LogP contribution in [-0.4, -0.2) is 24.6 Å². The minimum atomic E-state index is -3.35. The summed E-state index contributed by atoms with van der Waals surface area (Å²) in [6, 6.07) is 14.8. The van der Waals surface area contributed by atoms with Crippen LogP contribution in [0.5, 0.6) is 0 Å². The first kappa shape index (κ1) is 18.8. The highest BCUT2D eigenvalue weighted by Gasteiger charge is 2.14. The number of aromatic nitrogens is 2. The lowest BCUT2D eigenvalue weighted by Gasteiger charge is -2.13. The van der Waals surface area contributed by atoms with Crippen molar-refractivity contribution >= 4 is 33.0 Å². The molecule has 0 aliphatic carbocycles. The molecule has 2 aromatic carbocycles. The van der Waals surface area contributed by atoms with Crippen LogP contribution in [-0.2, 0) is 16.3 Å². The van der Waals surface area contributed by atoms with Crippen LogP contribution in [0.15, 0.2) is 59.6 Å². The van der Waals surface area contributed by atoms with E-state index in [9.17, 15) is 8.42 Å². The van der Waals surface area contributed by atoms with E-state index in [1.165, 1.54) is 11.8 Å². The van der Waals surface area contributed by atoms with Crippen molar-refractivity contribution in [2.24, 2.45) is 0 Å². The van der Waals surface area contributed by atoms with E-state index < -0.39 is 9.84 Å². The fourth-order valence-electron chi connectivity index (χ4n) is 2.60. The molecule has 3 aromatic rings. The number of hydrogen-bond donors (Lipinski definition) is 2. The van der Waals surface area contributed by atoms with E-state index in [2.05, 4.69) is 39.7 Å². The maximum Gasteiger partial charge on any atom is 0.229 e. The molecule has 0 unspecified atom stereocenters. The van der Waals surface area contributed by atoms with Crippen molar-refractivity contribution in [3.05, 3.63) is 65.9 Å². The number of aryl methyl sites for hydroxylation is 2. The van der Waals surface area contributed by atoms with E-state index in [-0.39, 0.29) is 4.90 Å². The van der Waals surface area contributed by atoms with Gasteiger partial charge in [0.05, 0.1) is 10.6 Å². The van der Waals surface area contributed by atoms with Crippen LogP contribution in [0.1, 0.15) is 18.1 Å². The average Bonchev–Trinajstić information content (AvgIpc) is 2.65. The van der Waals surface area contributed by atoms with Crippen molar-refractivity contribution < 1.29 is 8.42 Å². The molecule has 0 spiro atoms. The van der Waals surface area contributed by atoms with E-state index in [4.69, 9.17) is 0 Å². The van der Waals surface area contributed by atoms with Gasteiger partial charge in [0.1, 0.15) is 5.82 Å². The van der Waals surface area contributed by atoms with E-state index in [0.29, 0.717) is 17.5 Å². The first-order valence-corrected chi connectivity index (χ1v) is 10.5. The molecule has 1 aromatic heterocycles. The van der Waals surface area contributed by atoms with Crippen LogP contribution in [0.3, 0.4) is 0 Å². The van der Waals surface area contributed by atoms with Gasteiger partial charge in [0.15, 0.2) is 9.84 Å². The van der Waals surface area contributed by atoms with Crippen molar-refractivity contribution in [1.82, 2.24) is 9.97 Å². The maximum absolute atomic E-state index is 12.0. The zero-order chi connectivity index (χ0) is 19.4. The zero-order valence-electron chi connectivity index (χ0n) is 15.5. The summed E-state index contributed by atoms with van der Waals surface area (Å²) in [7, 11) is -3.35. The van der Waals surface area contributed by atoms with Gasteiger partial charge in [-0.15, -0.1) is 0 Å². The standard InChI is InChI=1S/C20H22N4O2S/c1-4-15-9-11-16(12-10-15)22-20-21-13-14(2)19(24-20)23-17-7-5-6-8-18(17)27(3,25)26/h5-13H,4H2,1-3H3,(H2,21,22,23,24). The largest absolute Gasteiger partial charge is 0.339 e.